The van der Waals surface area contributed by atoms with Crippen molar-refractivity contribution in [1.82, 2.24) is 20.2 Å². The molecule has 2 amide bonds. The van der Waals surface area contributed by atoms with Crippen LogP contribution in [-0.4, -0.2) is 31.2 Å². The summed E-state index contributed by atoms with van der Waals surface area (Å²) in [6, 6.07) is -0.807. The quantitative estimate of drug-likeness (QED) is 0.532. The fourth-order valence-corrected chi connectivity index (χ4v) is 1.83. The smallest absolute Gasteiger partial charge is 0.328 e. The van der Waals surface area contributed by atoms with Gasteiger partial charge in [-0.1, -0.05) is 0 Å². The number of aromatic nitrogens is 2. The molecule has 0 atom stereocenters. The molecule has 0 spiro atoms. The van der Waals surface area contributed by atoms with Crippen molar-refractivity contribution in [3.63, 3.8) is 0 Å². The predicted octanol–water partition coefficient (Wildman–Crippen LogP) is -1.00. The number of hydrogen-bond donors (Lipinski definition) is 4. The van der Waals surface area contributed by atoms with Crippen LogP contribution in [0.5, 0.6) is 0 Å². The highest BCUT2D eigenvalue weighted by molar-refractivity contribution is 7.90. The number of nitrogen functional groups attached to an aromatic ring is 1. The highest BCUT2D eigenvalue weighted by Gasteiger charge is 2.21. The summed E-state index contributed by atoms with van der Waals surface area (Å²) >= 11 is 0. The van der Waals surface area contributed by atoms with E-state index in [9.17, 15) is 13.2 Å². The molecule has 0 saturated heterocycles. The van der Waals surface area contributed by atoms with Gasteiger partial charge in [0.2, 0.25) is 0 Å². The number of nitrogens with two attached hydrogens (primary N) is 1. The summed E-state index contributed by atoms with van der Waals surface area (Å²) in [5, 5.41) is 7.98. The Hall–Kier alpha value is -1.77. The Morgan fingerprint density at radius 1 is 1.67 bits per heavy atom. The highest BCUT2D eigenvalue weighted by atomic mass is 32.2. The minimum absolute atomic E-state index is 0.119. The fourth-order valence-electron chi connectivity index (χ4n) is 0.873. The maximum atomic E-state index is 11.5. The molecule has 0 unspecified atom stereocenters. The molecule has 1 rings (SSSR count). The van der Waals surface area contributed by atoms with E-state index >= 15 is 0 Å². The zero-order valence-electron chi connectivity index (χ0n) is 7.94. The number of rotatable bonds is 3. The molecule has 0 aliphatic carbocycles. The second-order valence-corrected chi connectivity index (χ2v) is 4.26. The molecule has 15 heavy (non-hydrogen) atoms. The normalized spacial score (nSPS) is 11.0. The maximum Gasteiger partial charge on any atom is 0.328 e. The van der Waals surface area contributed by atoms with E-state index in [1.165, 1.54) is 0 Å². The Bertz CT molecular complexity index is 451. The van der Waals surface area contributed by atoms with Crippen LogP contribution in [0.3, 0.4) is 0 Å². The molecule has 84 valence electrons. The van der Waals surface area contributed by atoms with Crippen LogP contribution in [0.1, 0.15) is 6.92 Å². The largest absolute Gasteiger partial charge is 0.383 e. The lowest BCUT2D eigenvalue weighted by molar-refractivity contribution is 0.246. The van der Waals surface area contributed by atoms with E-state index < -0.39 is 16.1 Å². The van der Waals surface area contributed by atoms with Gasteiger partial charge in [-0.15, -0.1) is 0 Å². The molecule has 9 heteroatoms. The van der Waals surface area contributed by atoms with E-state index in [-0.39, 0.29) is 10.7 Å². The standard InChI is InChI=1S/C6H11N5O3S/c1-2-8-6(12)11-15(13,14)4-3-9-10-5(4)7/h3H,2H2,1H3,(H3,7,9,10)(H2,8,11,12). The predicted molar refractivity (Wildman–Crippen MR) is 52.4 cm³/mol. The molecule has 0 saturated carbocycles. The number of carbonyl (C=O) groups excluding carboxylic acids is 1. The number of anilines is 1. The van der Waals surface area contributed by atoms with Crippen molar-refractivity contribution < 1.29 is 13.2 Å². The van der Waals surface area contributed by atoms with Crippen LogP contribution in [0.4, 0.5) is 10.6 Å². The molecule has 5 N–H and O–H groups in total. The first kappa shape index (κ1) is 11.3. The van der Waals surface area contributed by atoms with Crippen LogP contribution in [0, 0.1) is 0 Å². The maximum absolute atomic E-state index is 11.5. The summed E-state index contributed by atoms with van der Waals surface area (Å²) in [5.74, 6) is -0.119. The third-order valence-corrected chi connectivity index (χ3v) is 2.84. The minimum Gasteiger partial charge on any atom is -0.383 e. The van der Waals surface area contributed by atoms with Crippen molar-refractivity contribution >= 4 is 21.9 Å². The topological polar surface area (TPSA) is 130 Å². The summed E-state index contributed by atoms with van der Waals surface area (Å²) < 4.78 is 24.8. The minimum atomic E-state index is -3.95. The molecule has 0 bridgehead atoms. The van der Waals surface area contributed by atoms with Gasteiger partial charge in [-0.25, -0.2) is 17.9 Å². The molecule has 1 aromatic heterocycles. The average molecular weight is 233 g/mol. The Labute approximate surface area is 86.3 Å². The van der Waals surface area contributed by atoms with Gasteiger partial charge in [-0.05, 0) is 6.92 Å². The van der Waals surface area contributed by atoms with Crippen LogP contribution in [0.15, 0.2) is 11.1 Å². The molecule has 1 aromatic rings. The number of aromatic amines is 1. The van der Waals surface area contributed by atoms with Crippen LogP contribution < -0.4 is 15.8 Å². The van der Waals surface area contributed by atoms with Crippen LogP contribution in [0.2, 0.25) is 0 Å². The summed E-state index contributed by atoms with van der Waals surface area (Å²) in [7, 11) is -3.95. The van der Waals surface area contributed by atoms with E-state index in [2.05, 4.69) is 15.5 Å². The number of nitrogens with one attached hydrogen (secondary N) is 3. The first-order valence-electron chi connectivity index (χ1n) is 4.07. The lowest BCUT2D eigenvalue weighted by atomic mass is 10.7. The monoisotopic (exact) mass is 233 g/mol. The summed E-state index contributed by atoms with van der Waals surface area (Å²) in [6.45, 7) is 1.99. The van der Waals surface area contributed by atoms with Crippen molar-refractivity contribution in [3.8, 4) is 0 Å². The number of carbonyl (C=O) groups is 1. The average Bonchev–Trinajstić information content (AvgIpc) is 2.51. The van der Waals surface area contributed by atoms with Gasteiger partial charge in [0, 0.05) is 6.54 Å². The Kier molecular flexibility index (Phi) is 3.14. The van der Waals surface area contributed by atoms with Crippen molar-refractivity contribution in [1.29, 1.82) is 0 Å². The number of amides is 2. The summed E-state index contributed by atoms with van der Waals surface area (Å²) in [4.78, 5) is 10.7. The first-order chi connectivity index (χ1) is 6.97. The number of H-pyrrole nitrogens is 1. The molecule has 0 radical (unpaired) electrons. The molecular weight excluding hydrogens is 222 g/mol. The second-order valence-electron chi connectivity index (χ2n) is 2.61. The van der Waals surface area contributed by atoms with E-state index in [1.807, 2.05) is 0 Å². The second kappa shape index (κ2) is 4.17. The number of hydrogen-bond acceptors (Lipinski definition) is 5. The van der Waals surface area contributed by atoms with Gasteiger partial charge >= 0.3 is 6.03 Å². The molecule has 0 fully saturated rings. The lowest BCUT2D eigenvalue weighted by Gasteiger charge is -2.05. The first-order valence-corrected chi connectivity index (χ1v) is 5.55. The van der Waals surface area contributed by atoms with Gasteiger partial charge in [-0.3, -0.25) is 5.10 Å². The molecule has 1 heterocycles. The Morgan fingerprint density at radius 2 is 2.33 bits per heavy atom. The third kappa shape index (κ3) is 2.59. The van der Waals surface area contributed by atoms with Crippen molar-refractivity contribution in [2.75, 3.05) is 12.3 Å². The van der Waals surface area contributed by atoms with E-state index in [0.717, 1.165) is 6.20 Å². The van der Waals surface area contributed by atoms with Crippen molar-refractivity contribution in [3.05, 3.63) is 6.20 Å². The fraction of sp³-hybridized carbons (Fsp3) is 0.333. The molecule has 8 nitrogen and oxygen atoms in total. The molecular formula is C6H11N5O3S. The van der Waals surface area contributed by atoms with Gasteiger partial charge in [0.1, 0.15) is 10.7 Å². The van der Waals surface area contributed by atoms with Gasteiger partial charge in [0.05, 0.1) is 6.20 Å². The van der Waals surface area contributed by atoms with Crippen LogP contribution >= 0.6 is 0 Å². The van der Waals surface area contributed by atoms with Gasteiger partial charge in [0.15, 0.2) is 0 Å². The van der Waals surface area contributed by atoms with Crippen molar-refractivity contribution in [2.45, 2.75) is 11.8 Å². The van der Waals surface area contributed by atoms with Crippen molar-refractivity contribution in [2.24, 2.45) is 0 Å². The lowest BCUT2D eigenvalue weighted by Crippen LogP contribution is -2.39. The van der Waals surface area contributed by atoms with Gasteiger partial charge in [-0.2, -0.15) is 5.10 Å². The number of sulfonamides is 1. The zero-order chi connectivity index (χ0) is 11.5. The zero-order valence-corrected chi connectivity index (χ0v) is 8.76. The number of nitrogens with zero attached hydrogens (tertiary/aromatic N) is 1. The summed E-state index contributed by atoms with van der Waals surface area (Å²) in [5.41, 5.74) is 5.31. The van der Waals surface area contributed by atoms with E-state index in [0.29, 0.717) is 6.54 Å². The molecule has 0 aliphatic rings. The van der Waals surface area contributed by atoms with Gasteiger partial charge in [0.25, 0.3) is 10.0 Å². The molecule has 0 aliphatic heterocycles. The van der Waals surface area contributed by atoms with E-state index in [4.69, 9.17) is 5.73 Å². The van der Waals surface area contributed by atoms with E-state index in [1.54, 1.807) is 11.6 Å². The summed E-state index contributed by atoms with van der Waals surface area (Å²) in [6.07, 6.45) is 1.02. The van der Waals surface area contributed by atoms with Crippen LogP contribution in [-0.2, 0) is 10.0 Å². The highest BCUT2D eigenvalue weighted by Crippen LogP contribution is 2.12. The third-order valence-electron chi connectivity index (χ3n) is 1.49. The Morgan fingerprint density at radius 3 is 2.80 bits per heavy atom. The SMILES string of the molecule is CCNC(=O)NS(=O)(=O)c1cn[nH]c1N. The van der Waals surface area contributed by atoms with Gasteiger partial charge < -0.3 is 11.1 Å². The number of urea groups is 1. The van der Waals surface area contributed by atoms with Crippen LogP contribution in [0.25, 0.3) is 0 Å². The Balaban J connectivity index is 2.86. The molecule has 0 aromatic carbocycles.